The zero-order valence-electron chi connectivity index (χ0n) is 17.6. The molecule has 8 nitrogen and oxygen atoms in total. The van der Waals surface area contributed by atoms with E-state index in [0.29, 0.717) is 35.0 Å². The molecule has 0 aromatic heterocycles. The van der Waals surface area contributed by atoms with Crippen LogP contribution in [-0.2, 0) is 14.3 Å². The van der Waals surface area contributed by atoms with E-state index in [4.69, 9.17) is 18.9 Å². The van der Waals surface area contributed by atoms with Crippen molar-refractivity contribution in [3.8, 4) is 17.2 Å². The molecule has 0 radical (unpaired) electrons. The first-order chi connectivity index (χ1) is 15.6. The molecule has 3 heterocycles. The van der Waals surface area contributed by atoms with Crippen molar-refractivity contribution < 1.29 is 33.6 Å². The molecule has 1 N–H and O–H groups in total. The van der Waals surface area contributed by atoms with Gasteiger partial charge in [-0.05, 0) is 48.7 Å². The number of carbonyl (C=O) groups is 2. The molecule has 2 saturated heterocycles. The van der Waals surface area contributed by atoms with E-state index in [1.807, 2.05) is 0 Å². The molecule has 0 saturated carbocycles. The van der Waals surface area contributed by atoms with Crippen LogP contribution in [0.25, 0.3) is 5.76 Å². The van der Waals surface area contributed by atoms with Crippen LogP contribution in [0.3, 0.4) is 0 Å². The number of aliphatic hydroxyl groups excluding tert-OH is 1. The number of nitrogens with zero attached hydrogens (tertiary/aromatic N) is 1. The van der Waals surface area contributed by atoms with Gasteiger partial charge in [0, 0.05) is 18.7 Å². The number of fused-ring (bicyclic) bond motifs is 1. The number of Topliss-reactive ketones (excluding diaryl/α,β-unsaturated/α-hetero) is 1. The van der Waals surface area contributed by atoms with Crippen molar-refractivity contribution in [1.82, 2.24) is 4.90 Å². The second kappa shape index (κ2) is 8.20. The third kappa shape index (κ3) is 3.46. The van der Waals surface area contributed by atoms with Gasteiger partial charge in [0.2, 0.25) is 6.79 Å². The molecule has 1 amide bonds. The Labute approximate surface area is 184 Å². The average Bonchev–Trinajstić information content (AvgIpc) is 3.55. The Balaban J connectivity index is 1.60. The Morgan fingerprint density at radius 2 is 1.91 bits per heavy atom. The summed E-state index contributed by atoms with van der Waals surface area (Å²) >= 11 is 0. The number of ether oxygens (including phenoxy) is 4. The van der Waals surface area contributed by atoms with Gasteiger partial charge in [-0.15, -0.1) is 0 Å². The van der Waals surface area contributed by atoms with Crippen LogP contribution in [0.15, 0.2) is 48.0 Å². The Hall–Kier alpha value is -3.52. The summed E-state index contributed by atoms with van der Waals surface area (Å²) in [6.07, 6.45) is 1.60. The van der Waals surface area contributed by atoms with Crippen molar-refractivity contribution in [2.24, 2.45) is 0 Å². The van der Waals surface area contributed by atoms with Crippen LogP contribution in [-0.4, -0.2) is 54.9 Å². The van der Waals surface area contributed by atoms with E-state index in [1.54, 1.807) is 49.6 Å². The minimum atomic E-state index is -0.740. The average molecular weight is 437 g/mol. The van der Waals surface area contributed by atoms with Gasteiger partial charge in [-0.3, -0.25) is 9.59 Å². The van der Waals surface area contributed by atoms with Crippen molar-refractivity contribution in [2.75, 3.05) is 27.1 Å². The number of methoxy groups -OCH3 is 1. The molecule has 3 aliphatic rings. The van der Waals surface area contributed by atoms with Gasteiger partial charge in [-0.1, -0.05) is 12.1 Å². The van der Waals surface area contributed by atoms with E-state index >= 15 is 0 Å². The summed E-state index contributed by atoms with van der Waals surface area (Å²) in [5.41, 5.74) is 1.12. The molecular weight excluding hydrogens is 414 g/mol. The number of rotatable bonds is 5. The summed E-state index contributed by atoms with van der Waals surface area (Å²) in [5.74, 6) is 0.0659. The highest BCUT2D eigenvalue weighted by atomic mass is 16.7. The zero-order valence-corrected chi connectivity index (χ0v) is 17.6. The third-order valence-corrected chi connectivity index (χ3v) is 6.04. The monoisotopic (exact) mass is 437 g/mol. The van der Waals surface area contributed by atoms with Gasteiger partial charge >= 0.3 is 0 Å². The highest BCUT2D eigenvalue weighted by Crippen LogP contribution is 2.42. The van der Waals surface area contributed by atoms with Gasteiger partial charge in [0.25, 0.3) is 11.7 Å². The van der Waals surface area contributed by atoms with Gasteiger partial charge in [0.1, 0.15) is 11.5 Å². The van der Waals surface area contributed by atoms with Crippen molar-refractivity contribution in [3.05, 3.63) is 59.2 Å². The normalized spacial score (nSPS) is 23.7. The van der Waals surface area contributed by atoms with Crippen LogP contribution in [0, 0.1) is 0 Å². The first kappa shape index (κ1) is 20.4. The van der Waals surface area contributed by atoms with Crippen LogP contribution >= 0.6 is 0 Å². The standard InChI is InChI=1S/C24H23NO7/c1-29-16-7-4-14(5-8-16)21-20(22(26)15-6-9-18-19(11-15)32-13-31-18)23(27)24(28)25(21)12-17-3-2-10-30-17/h4-9,11,17,21,26H,2-3,10,12-13H2,1H3/b22-20-. The number of aliphatic hydroxyl groups is 1. The minimum Gasteiger partial charge on any atom is -0.507 e. The van der Waals surface area contributed by atoms with Crippen molar-refractivity contribution >= 4 is 17.4 Å². The maximum Gasteiger partial charge on any atom is 0.295 e. The van der Waals surface area contributed by atoms with E-state index < -0.39 is 17.7 Å². The number of hydrogen-bond acceptors (Lipinski definition) is 7. The fraction of sp³-hybridized carbons (Fsp3) is 0.333. The first-order valence-electron chi connectivity index (χ1n) is 10.5. The van der Waals surface area contributed by atoms with E-state index in [1.165, 1.54) is 4.90 Å². The number of carbonyl (C=O) groups excluding carboxylic acids is 2. The molecule has 5 rings (SSSR count). The van der Waals surface area contributed by atoms with E-state index in [-0.39, 0.29) is 30.8 Å². The summed E-state index contributed by atoms with van der Waals surface area (Å²) in [6.45, 7) is 1.01. The van der Waals surface area contributed by atoms with Gasteiger partial charge in [0.05, 0.1) is 24.8 Å². The van der Waals surface area contributed by atoms with Gasteiger partial charge in [-0.2, -0.15) is 0 Å². The quantitative estimate of drug-likeness (QED) is 0.437. The molecule has 32 heavy (non-hydrogen) atoms. The lowest BCUT2D eigenvalue weighted by Gasteiger charge is -2.27. The molecule has 0 spiro atoms. The molecule has 2 aromatic carbocycles. The maximum absolute atomic E-state index is 13.1. The molecule has 8 heteroatoms. The fourth-order valence-electron chi connectivity index (χ4n) is 4.41. The van der Waals surface area contributed by atoms with E-state index in [9.17, 15) is 14.7 Å². The highest BCUT2D eigenvalue weighted by Gasteiger charge is 2.47. The predicted molar refractivity (Wildman–Crippen MR) is 114 cm³/mol. The SMILES string of the molecule is COc1ccc(C2/C(=C(/O)c3ccc4c(c3)OCO4)C(=O)C(=O)N2CC2CCCO2)cc1. The number of amides is 1. The number of benzene rings is 2. The zero-order chi connectivity index (χ0) is 22.2. The lowest BCUT2D eigenvalue weighted by molar-refractivity contribution is -0.140. The van der Waals surface area contributed by atoms with Gasteiger partial charge < -0.3 is 29.0 Å². The lowest BCUT2D eigenvalue weighted by Crippen LogP contribution is -2.36. The van der Waals surface area contributed by atoms with Gasteiger partial charge in [-0.25, -0.2) is 0 Å². The van der Waals surface area contributed by atoms with Crippen LogP contribution < -0.4 is 14.2 Å². The topological polar surface area (TPSA) is 94.5 Å². The Morgan fingerprint density at radius 1 is 1.12 bits per heavy atom. The molecule has 166 valence electrons. The van der Waals surface area contributed by atoms with Crippen molar-refractivity contribution in [2.45, 2.75) is 25.0 Å². The lowest BCUT2D eigenvalue weighted by atomic mass is 9.95. The molecule has 2 fully saturated rings. The summed E-state index contributed by atoms with van der Waals surface area (Å²) in [7, 11) is 1.57. The van der Waals surface area contributed by atoms with E-state index in [2.05, 4.69) is 0 Å². The fourth-order valence-corrected chi connectivity index (χ4v) is 4.41. The summed E-state index contributed by atoms with van der Waals surface area (Å²) in [5, 5.41) is 11.2. The van der Waals surface area contributed by atoms with Crippen molar-refractivity contribution in [3.63, 3.8) is 0 Å². The Morgan fingerprint density at radius 3 is 2.62 bits per heavy atom. The number of likely N-dealkylation sites (tertiary alicyclic amines) is 1. The molecule has 2 unspecified atom stereocenters. The molecule has 0 aliphatic carbocycles. The highest BCUT2D eigenvalue weighted by molar-refractivity contribution is 6.46. The predicted octanol–water partition coefficient (Wildman–Crippen LogP) is 3.02. The Bertz CT molecular complexity index is 1090. The summed E-state index contributed by atoms with van der Waals surface area (Å²) in [4.78, 5) is 27.7. The first-order valence-corrected chi connectivity index (χ1v) is 10.5. The van der Waals surface area contributed by atoms with Crippen LogP contribution in [0.1, 0.15) is 30.0 Å². The maximum atomic E-state index is 13.1. The van der Waals surface area contributed by atoms with Crippen LogP contribution in [0.4, 0.5) is 0 Å². The summed E-state index contributed by atoms with van der Waals surface area (Å²) < 4.78 is 21.7. The number of hydrogen-bond donors (Lipinski definition) is 1. The molecule has 2 atom stereocenters. The van der Waals surface area contributed by atoms with Crippen molar-refractivity contribution in [1.29, 1.82) is 0 Å². The van der Waals surface area contributed by atoms with E-state index in [0.717, 1.165) is 12.8 Å². The van der Waals surface area contributed by atoms with Gasteiger partial charge in [0.15, 0.2) is 11.5 Å². The molecule has 3 aliphatic heterocycles. The van der Waals surface area contributed by atoms with Crippen LogP contribution in [0.5, 0.6) is 17.2 Å². The third-order valence-electron chi connectivity index (χ3n) is 6.04. The molecular formula is C24H23NO7. The van der Waals surface area contributed by atoms with Crippen LogP contribution in [0.2, 0.25) is 0 Å². The molecule has 2 aromatic rings. The minimum absolute atomic E-state index is 0.0389. The molecule has 0 bridgehead atoms. The second-order valence-electron chi connectivity index (χ2n) is 7.93. The largest absolute Gasteiger partial charge is 0.507 e. The smallest absolute Gasteiger partial charge is 0.295 e. The Kier molecular flexibility index (Phi) is 5.22. The second-order valence-corrected chi connectivity index (χ2v) is 7.93. The number of ketones is 1. The summed E-state index contributed by atoms with van der Waals surface area (Å²) in [6, 6.07) is 11.3.